The first-order valence-electron chi connectivity index (χ1n) is 8.88. The topological polar surface area (TPSA) is 54.5 Å². The smallest absolute Gasteiger partial charge is 0.229 e. The number of fused-ring (bicyclic) bond motifs is 1. The normalized spacial score (nSPS) is 17.1. The first-order chi connectivity index (χ1) is 13.1. The Balaban J connectivity index is 1.48. The molecule has 0 bridgehead atoms. The van der Waals surface area contributed by atoms with Crippen molar-refractivity contribution >= 4 is 38.3 Å². The molecule has 7 heteroatoms. The molecule has 1 amide bonds. The summed E-state index contributed by atoms with van der Waals surface area (Å²) >= 11 is 1.61. The van der Waals surface area contributed by atoms with Crippen LogP contribution in [0.2, 0.25) is 0 Å². The lowest BCUT2D eigenvalue weighted by Gasteiger charge is -2.31. The van der Waals surface area contributed by atoms with Crippen molar-refractivity contribution in [1.82, 2.24) is 4.98 Å². The zero-order valence-corrected chi connectivity index (χ0v) is 15.8. The van der Waals surface area contributed by atoms with Gasteiger partial charge in [-0.3, -0.25) is 4.79 Å². The third kappa shape index (κ3) is 3.88. The number of ether oxygens (including phenoxy) is 1. The van der Waals surface area contributed by atoms with Crippen molar-refractivity contribution in [2.45, 2.75) is 12.8 Å². The number of rotatable bonds is 4. The number of amides is 1. The number of halogens is 1. The van der Waals surface area contributed by atoms with Crippen molar-refractivity contribution in [3.8, 4) is 5.75 Å². The molecule has 5 nitrogen and oxygen atoms in total. The molecule has 1 saturated heterocycles. The molecule has 1 atom stereocenters. The summed E-state index contributed by atoms with van der Waals surface area (Å²) in [4.78, 5) is 19.5. The third-order valence-electron chi connectivity index (χ3n) is 4.74. The lowest BCUT2D eigenvalue weighted by Crippen LogP contribution is -2.40. The van der Waals surface area contributed by atoms with Gasteiger partial charge in [-0.1, -0.05) is 17.4 Å². The number of nitrogens with zero attached hydrogens (tertiary/aromatic N) is 2. The molecule has 1 N–H and O–H groups in total. The zero-order chi connectivity index (χ0) is 18.8. The second-order valence-corrected chi connectivity index (χ2v) is 7.62. The van der Waals surface area contributed by atoms with Crippen molar-refractivity contribution in [3.63, 3.8) is 0 Å². The molecule has 1 unspecified atom stereocenters. The number of benzene rings is 2. The first-order valence-corrected chi connectivity index (χ1v) is 9.70. The van der Waals surface area contributed by atoms with Crippen LogP contribution in [0.4, 0.5) is 15.2 Å². The SMILES string of the molecule is COc1ccc2nc(N3CCCC(C(=O)Nc4cccc(F)c4)C3)sc2c1. The fraction of sp³-hybridized carbons (Fsp3) is 0.300. The van der Waals surface area contributed by atoms with Crippen molar-refractivity contribution in [3.05, 3.63) is 48.3 Å². The molecule has 1 aromatic heterocycles. The van der Waals surface area contributed by atoms with Crippen LogP contribution in [0.1, 0.15) is 12.8 Å². The Hall–Kier alpha value is -2.67. The van der Waals surface area contributed by atoms with Crippen LogP contribution in [0.25, 0.3) is 10.2 Å². The molecule has 1 aliphatic heterocycles. The molecule has 4 rings (SSSR count). The maximum absolute atomic E-state index is 13.3. The van der Waals surface area contributed by atoms with Gasteiger partial charge in [0.15, 0.2) is 5.13 Å². The number of nitrogens with one attached hydrogen (secondary N) is 1. The third-order valence-corrected chi connectivity index (χ3v) is 5.82. The molecule has 0 saturated carbocycles. The zero-order valence-electron chi connectivity index (χ0n) is 14.9. The fourth-order valence-electron chi connectivity index (χ4n) is 3.33. The van der Waals surface area contributed by atoms with E-state index < -0.39 is 0 Å². The average Bonchev–Trinajstić information content (AvgIpc) is 3.11. The van der Waals surface area contributed by atoms with Crippen LogP contribution < -0.4 is 15.0 Å². The quantitative estimate of drug-likeness (QED) is 0.728. The van der Waals surface area contributed by atoms with Crippen LogP contribution in [0, 0.1) is 11.7 Å². The molecule has 2 aromatic carbocycles. The van der Waals surface area contributed by atoms with Crippen LogP contribution in [0.3, 0.4) is 0 Å². The van der Waals surface area contributed by atoms with E-state index in [-0.39, 0.29) is 17.6 Å². The Labute approximate surface area is 160 Å². The maximum Gasteiger partial charge on any atom is 0.229 e. The molecular formula is C20H20FN3O2S. The van der Waals surface area contributed by atoms with E-state index in [0.717, 1.165) is 40.5 Å². The number of carbonyl (C=O) groups excluding carboxylic acids is 1. The molecular weight excluding hydrogens is 365 g/mol. The number of hydrogen-bond donors (Lipinski definition) is 1. The molecule has 27 heavy (non-hydrogen) atoms. The summed E-state index contributed by atoms with van der Waals surface area (Å²) in [5, 5.41) is 3.75. The molecule has 1 aliphatic rings. The van der Waals surface area contributed by atoms with Crippen molar-refractivity contribution in [2.24, 2.45) is 5.92 Å². The van der Waals surface area contributed by atoms with E-state index in [1.807, 2.05) is 18.2 Å². The average molecular weight is 385 g/mol. The second kappa shape index (κ2) is 7.52. The Morgan fingerprint density at radius 1 is 1.33 bits per heavy atom. The minimum absolute atomic E-state index is 0.0759. The predicted octanol–water partition coefficient (Wildman–Crippen LogP) is 4.30. The van der Waals surface area contributed by atoms with E-state index >= 15 is 0 Å². The van der Waals surface area contributed by atoms with E-state index in [1.165, 1.54) is 12.1 Å². The van der Waals surface area contributed by atoms with Gasteiger partial charge in [0.2, 0.25) is 5.91 Å². The Morgan fingerprint density at radius 2 is 2.22 bits per heavy atom. The van der Waals surface area contributed by atoms with Gasteiger partial charge in [0.1, 0.15) is 11.6 Å². The van der Waals surface area contributed by atoms with Gasteiger partial charge in [0.25, 0.3) is 0 Å². The van der Waals surface area contributed by atoms with Gasteiger partial charge in [-0.05, 0) is 49.2 Å². The van der Waals surface area contributed by atoms with Crippen LogP contribution in [0.15, 0.2) is 42.5 Å². The lowest BCUT2D eigenvalue weighted by atomic mass is 9.97. The Morgan fingerprint density at radius 3 is 3.04 bits per heavy atom. The predicted molar refractivity (Wildman–Crippen MR) is 106 cm³/mol. The number of aromatic nitrogens is 1. The number of hydrogen-bond acceptors (Lipinski definition) is 5. The summed E-state index contributed by atoms with van der Waals surface area (Å²) in [6.45, 7) is 1.48. The summed E-state index contributed by atoms with van der Waals surface area (Å²) < 4.78 is 19.7. The monoisotopic (exact) mass is 385 g/mol. The molecule has 3 aromatic rings. The highest BCUT2D eigenvalue weighted by Gasteiger charge is 2.27. The number of methoxy groups -OCH3 is 1. The van der Waals surface area contributed by atoms with Crippen molar-refractivity contribution in [2.75, 3.05) is 30.4 Å². The lowest BCUT2D eigenvalue weighted by molar-refractivity contribution is -0.120. The number of thiazole rings is 1. The molecule has 1 fully saturated rings. The number of carbonyl (C=O) groups is 1. The highest BCUT2D eigenvalue weighted by molar-refractivity contribution is 7.22. The van der Waals surface area contributed by atoms with Gasteiger partial charge < -0.3 is 15.0 Å². The van der Waals surface area contributed by atoms with Gasteiger partial charge in [-0.25, -0.2) is 9.37 Å². The van der Waals surface area contributed by atoms with Crippen molar-refractivity contribution in [1.29, 1.82) is 0 Å². The van der Waals surface area contributed by atoms with Gasteiger partial charge in [-0.2, -0.15) is 0 Å². The highest BCUT2D eigenvalue weighted by atomic mass is 32.1. The van der Waals surface area contributed by atoms with E-state index in [9.17, 15) is 9.18 Å². The number of piperidine rings is 1. The first kappa shape index (κ1) is 17.7. The van der Waals surface area contributed by atoms with E-state index in [0.29, 0.717) is 12.2 Å². The van der Waals surface area contributed by atoms with Crippen LogP contribution in [-0.4, -0.2) is 31.1 Å². The van der Waals surface area contributed by atoms with Crippen LogP contribution in [0.5, 0.6) is 5.75 Å². The van der Waals surface area contributed by atoms with Crippen molar-refractivity contribution < 1.29 is 13.9 Å². The molecule has 0 aliphatic carbocycles. The molecule has 2 heterocycles. The van der Waals surface area contributed by atoms with Gasteiger partial charge in [0.05, 0.1) is 23.2 Å². The highest BCUT2D eigenvalue weighted by Crippen LogP contribution is 2.33. The molecule has 0 spiro atoms. The minimum Gasteiger partial charge on any atom is -0.497 e. The Bertz CT molecular complexity index is 975. The fourth-order valence-corrected chi connectivity index (χ4v) is 4.36. The summed E-state index contributed by atoms with van der Waals surface area (Å²) in [5.41, 5.74) is 1.42. The van der Waals surface area contributed by atoms with E-state index in [1.54, 1.807) is 30.6 Å². The summed E-state index contributed by atoms with van der Waals surface area (Å²) in [7, 11) is 1.65. The maximum atomic E-state index is 13.3. The summed E-state index contributed by atoms with van der Waals surface area (Å²) in [5.74, 6) is 0.225. The standard InChI is InChI=1S/C20H20FN3O2S/c1-26-16-7-8-17-18(11-16)27-20(23-17)24-9-3-4-13(12-24)19(25)22-15-6-2-5-14(21)10-15/h2,5-8,10-11,13H,3-4,9,12H2,1H3,(H,22,25). The molecule has 0 radical (unpaired) electrons. The number of anilines is 2. The van der Waals surface area contributed by atoms with Gasteiger partial charge in [0, 0.05) is 18.8 Å². The van der Waals surface area contributed by atoms with E-state index in [4.69, 9.17) is 9.72 Å². The minimum atomic E-state index is -0.358. The summed E-state index contributed by atoms with van der Waals surface area (Å²) in [6.07, 6.45) is 1.73. The molecule has 140 valence electrons. The van der Waals surface area contributed by atoms with Gasteiger partial charge in [-0.15, -0.1) is 0 Å². The van der Waals surface area contributed by atoms with Gasteiger partial charge >= 0.3 is 0 Å². The van der Waals surface area contributed by atoms with E-state index in [2.05, 4.69) is 10.2 Å². The van der Waals surface area contributed by atoms with Crippen LogP contribution >= 0.6 is 11.3 Å². The Kier molecular flexibility index (Phi) is 4.94. The summed E-state index contributed by atoms with van der Waals surface area (Å²) in [6, 6.07) is 11.8. The largest absolute Gasteiger partial charge is 0.497 e. The second-order valence-electron chi connectivity index (χ2n) is 6.61. The van der Waals surface area contributed by atoms with Crippen LogP contribution in [-0.2, 0) is 4.79 Å².